The zero-order valence-corrected chi connectivity index (χ0v) is 11.7. The molecule has 3 N–H and O–H groups in total. The topological polar surface area (TPSA) is 55.1 Å². The summed E-state index contributed by atoms with van der Waals surface area (Å²) in [5.74, 6) is -0.306. The third-order valence-electron chi connectivity index (χ3n) is 2.73. The molecular formula is C14H12Cl2N2O. The number of aryl methyl sites for hydroxylation is 1. The number of hydrogen-bond acceptors (Lipinski definition) is 2. The normalized spacial score (nSPS) is 10.3. The van der Waals surface area contributed by atoms with Crippen LogP contribution in [0.15, 0.2) is 36.4 Å². The molecule has 0 saturated carbocycles. The van der Waals surface area contributed by atoms with Crippen molar-refractivity contribution in [3.63, 3.8) is 0 Å². The zero-order valence-electron chi connectivity index (χ0n) is 10.2. The Bertz CT molecular complexity index is 621. The Labute approximate surface area is 121 Å². The minimum absolute atomic E-state index is 0.306. The molecule has 3 nitrogen and oxygen atoms in total. The molecular weight excluding hydrogens is 283 g/mol. The molecule has 0 unspecified atom stereocenters. The zero-order chi connectivity index (χ0) is 14.0. The number of anilines is 2. The highest BCUT2D eigenvalue weighted by Crippen LogP contribution is 2.30. The monoisotopic (exact) mass is 294 g/mol. The minimum Gasteiger partial charge on any atom is -0.398 e. The van der Waals surface area contributed by atoms with E-state index in [2.05, 4.69) is 5.32 Å². The van der Waals surface area contributed by atoms with Gasteiger partial charge in [0.05, 0.1) is 21.3 Å². The molecule has 0 aliphatic heterocycles. The van der Waals surface area contributed by atoms with Crippen LogP contribution in [0.5, 0.6) is 0 Å². The molecule has 0 aliphatic carbocycles. The maximum absolute atomic E-state index is 12.2. The molecule has 0 heterocycles. The summed E-state index contributed by atoms with van der Waals surface area (Å²) < 4.78 is 0. The van der Waals surface area contributed by atoms with Crippen molar-refractivity contribution in [3.05, 3.63) is 57.6 Å². The molecule has 0 aromatic heterocycles. The molecule has 2 aromatic carbocycles. The van der Waals surface area contributed by atoms with E-state index in [1.165, 1.54) is 0 Å². The third-order valence-corrected chi connectivity index (χ3v) is 3.55. The van der Waals surface area contributed by atoms with Crippen molar-refractivity contribution in [1.29, 1.82) is 0 Å². The van der Waals surface area contributed by atoms with Crippen molar-refractivity contribution < 1.29 is 4.79 Å². The maximum Gasteiger partial charge on any atom is 0.258 e. The van der Waals surface area contributed by atoms with Crippen LogP contribution >= 0.6 is 23.2 Å². The summed E-state index contributed by atoms with van der Waals surface area (Å²) in [5.41, 5.74) is 7.96. The summed E-state index contributed by atoms with van der Waals surface area (Å²) in [6, 6.07) is 10.4. The smallest absolute Gasteiger partial charge is 0.258 e. The van der Waals surface area contributed by atoms with E-state index in [-0.39, 0.29) is 5.91 Å². The molecule has 2 aromatic rings. The van der Waals surface area contributed by atoms with Crippen LogP contribution in [0, 0.1) is 6.92 Å². The minimum atomic E-state index is -0.306. The van der Waals surface area contributed by atoms with Crippen molar-refractivity contribution in [2.75, 3.05) is 11.1 Å². The predicted octanol–water partition coefficient (Wildman–Crippen LogP) is 4.14. The Morgan fingerprint density at radius 1 is 1.16 bits per heavy atom. The molecule has 0 aliphatic rings. The van der Waals surface area contributed by atoms with Crippen LogP contribution in [0.4, 0.5) is 11.4 Å². The van der Waals surface area contributed by atoms with Gasteiger partial charge in [0, 0.05) is 5.69 Å². The van der Waals surface area contributed by atoms with Crippen molar-refractivity contribution in [1.82, 2.24) is 0 Å². The van der Waals surface area contributed by atoms with Gasteiger partial charge in [-0.2, -0.15) is 0 Å². The second-order valence-electron chi connectivity index (χ2n) is 4.09. The summed E-state index contributed by atoms with van der Waals surface area (Å²) in [7, 11) is 0. The first-order valence-electron chi connectivity index (χ1n) is 5.61. The molecule has 0 atom stereocenters. The Morgan fingerprint density at radius 3 is 2.53 bits per heavy atom. The fourth-order valence-corrected chi connectivity index (χ4v) is 2.13. The molecule has 19 heavy (non-hydrogen) atoms. The van der Waals surface area contributed by atoms with Gasteiger partial charge in [-0.3, -0.25) is 4.79 Å². The fourth-order valence-electron chi connectivity index (χ4n) is 1.79. The van der Waals surface area contributed by atoms with Gasteiger partial charge in [-0.05, 0) is 30.7 Å². The van der Waals surface area contributed by atoms with Crippen molar-refractivity contribution >= 4 is 40.5 Å². The molecule has 0 bridgehead atoms. The van der Waals surface area contributed by atoms with E-state index >= 15 is 0 Å². The predicted molar refractivity (Wildman–Crippen MR) is 80.0 cm³/mol. The highest BCUT2D eigenvalue weighted by Gasteiger charge is 2.14. The van der Waals surface area contributed by atoms with Crippen LogP contribution in [-0.4, -0.2) is 5.91 Å². The van der Waals surface area contributed by atoms with Gasteiger partial charge >= 0.3 is 0 Å². The number of hydrogen-bond donors (Lipinski definition) is 2. The highest BCUT2D eigenvalue weighted by atomic mass is 35.5. The molecule has 1 amide bonds. The Kier molecular flexibility index (Phi) is 3.98. The molecule has 98 valence electrons. The first kappa shape index (κ1) is 13.7. The van der Waals surface area contributed by atoms with Crippen LogP contribution in [0.25, 0.3) is 0 Å². The lowest BCUT2D eigenvalue weighted by molar-refractivity contribution is 0.102. The summed E-state index contributed by atoms with van der Waals surface area (Å²) >= 11 is 11.9. The lowest BCUT2D eigenvalue weighted by atomic mass is 10.1. The lowest BCUT2D eigenvalue weighted by Crippen LogP contribution is -2.15. The van der Waals surface area contributed by atoms with Crippen LogP contribution in [0.1, 0.15) is 15.9 Å². The van der Waals surface area contributed by atoms with Crippen LogP contribution in [-0.2, 0) is 0 Å². The van der Waals surface area contributed by atoms with Gasteiger partial charge in [-0.15, -0.1) is 0 Å². The Balaban J connectivity index is 2.34. The number of halogens is 2. The number of nitrogen functional groups attached to an aromatic ring is 1. The molecule has 0 radical (unpaired) electrons. The van der Waals surface area contributed by atoms with E-state index in [9.17, 15) is 4.79 Å². The maximum atomic E-state index is 12.2. The molecule has 5 heteroatoms. The van der Waals surface area contributed by atoms with Crippen LogP contribution in [0.3, 0.4) is 0 Å². The molecule has 0 spiro atoms. The van der Waals surface area contributed by atoms with Gasteiger partial charge in [-0.25, -0.2) is 0 Å². The number of benzene rings is 2. The summed E-state index contributed by atoms with van der Waals surface area (Å²) in [6.07, 6.45) is 0. The standard InChI is InChI=1S/C14H12Cl2N2O/c1-8-4-2-6-10(17)12(8)14(19)18-11-7-3-5-9(15)13(11)16/h2-7H,17H2,1H3,(H,18,19). The highest BCUT2D eigenvalue weighted by molar-refractivity contribution is 6.44. The summed E-state index contributed by atoms with van der Waals surface area (Å²) in [5, 5.41) is 3.41. The lowest BCUT2D eigenvalue weighted by Gasteiger charge is -2.11. The molecule has 0 fully saturated rings. The van der Waals surface area contributed by atoms with E-state index in [4.69, 9.17) is 28.9 Å². The number of amides is 1. The van der Waals surface area contributed by atoms with Gasteiger partial charge in [0.1, 0.15) is 0 Å². The third kappa shape index (κ3) is 2.83. The van der Waals surface area contributed by atoms with E-state index in [1.807, 2.05) is 13.0 Å². The first-order chi connectivity index (χ1) is 9.00. The number of nitrogens with two attached hydrogens (primary N) is 1. The molecule has 0 saturated heterocycles. The Hall–Kier alpha value is -1.71. The summed E-state index contributed by atoms with van der Waals surface area (Å²) in [6.45, 7) is 1.82. The number of rotatable bonds is 2. The number of carbonyl (C=O) groups excluding carboxylic acids is 1. The van der Waals surface area contributed by atoms with Crippen molar-refractivity contribution in [3.8, 4) is 0 Å². The van der Waals surface area contributed by atoms with E-state index in [1.54, 1.807) is 30.3 Å². The number of nitrogens with one attached hydrogen (secondary N) is 1. The first-order valence-corrected chi connectivity index (χ1v) is 6.36. The number of carbonyl (C=O) groups is 1. The second-order valence-corrected chi connectivity index (χ2v) is 4.88. The largest absolute Gasteiger partial charge is 0.398 e. The average molecular weight is 295 g/mol. The van der Waals surface area contributed by atoms with Crippen molar-refractivity contribution in [2.24, 2.45) is 0 Å². The second kappa shape index (κ2) is 5.51. The fraction of sp³-hybridized carbons (Fsp3) is 0.0714. The van der Waals surface area contributed by atoms with Gasteiger partial charge in [0.25, 0.3) is 5.91 Å². The van der Waals surface area contributed by atoms with Gasteiger partial charge < -0.3 is 11.1 Å². The van der Waals surface area contributed by atoms with Crippen molar-refractivity contribution in [2.45, 2.75) is 6.92 Å². The average Bonchev–Trinajstić information content (AvgIpc) is 2.35. The quantitative estimate of drug-likeness (QED) is 0.818. The SMILES string of the molecule is Cc1cccc(N)c1C(=O)Nc1cccc(Cl)c1Cl. The van der Waals surface area contributed by atoms with Gasteiger partial charge in [-0.1, -0.05) is 41.4 Å². The van der Waals surface area contributed by atoms with E-state index in [0.29, 0.717) is 27.0 Å². The van der Waals surface area contributed by atoms with Crippen LogP contribution in [0.2, 0.25) is 10.0 Å². The van der Waals surface area contributed by atoms with E-state index < -0.39 is 0 Å². The summed E-state index contributed by atoms with van der Waals surface area (Å²) in [4.78, 5) is 12.2. The van der Waals surface area contributed by atoms with Gasteiger partial charge in [0.15, 0.2) is 0 Å². The van der Waals surface area contributed by atoms with E-state index in [0.717, 1.165) is 5.56 Å². The molecule has 2 rings (SSSR count). The van der Waals surface area contributed by atoms with Crippen LogP contribution < -0.4 is 11.1 Å². The van der Waals surface area contributed by atoms with Gasteiger partial charge in [0.2, 0.25) is 0 Å². The Morgan fingerprint density at radius 2 is 1.84 bits per heavy atom.